The topological polar surface area (TPSA) is 42.2 Å². The summed E-state index contributed by atoms with van der Waals surface area (Å²) in [4.78, 5) is 0. The number of benzene rings is 2. The van der Waals surface area contributed by atoms with E-state index in [4.69, 9.17) is 9.31 Å². The Labute approximate surface area is 142 Å². The van der Waals surface area contributed by atoms with Crippen molar-refractivity contribution in [2.24, 2.45) is 0 Å². The summed E-state index contributed by atoms with van der Waals surface area (Å²) in [6, 6.07) is 14.2. The average molecular weight is 323 g/mol. The lowest BCUT2D eigenvalue weighted by Crippen LogP contribution is -2.41. The molecule has 2 aromatic rings. The molecule has 0 atom stereocenters. The number of rotatable bonds is 2. The van der Waals surface area contributed by atoms with E-state index in [-0.39, 0.29) is 5.82 Å². The molecular weight excluding hydrogens is 304 g/mol. The zero-order chi connectivity index (χ0) is 17.5. The fraction of sp³-hybridized carbons (Fsp3) is 0.316. The Balaban J connectivity index is 2.04. The first-order valence-electron chi connectivity index (χ1n) is 7.90. The first kappa shape index (κ1) is 16.7. The average Bonchev–Trinajstić information content (AvgIpc) is 2.75. The van der Waals surface area contributed by atoms with Crippen molar-refractivity contribution in [2.75, 3.05) is 0 Å². The summed E-state index contributed by atoms with van der Waals surface area (Å²) in [6.45, 7) is 7.72. The van der Waals surface area contributed by atoms with Crippen LogP contribution < -0.4 is 5.46 Å². The maximum atomic E-state index is 14.4. The molecule has 5 heteroatoms. The Morgan fingerprint density at radius 3 is 2.25 bits per heavy atom. The highest BCUT2D eigenvalue weighted by molar-refractivity contribution is 6.62. The molecule has 2 aromatic carbocycles. The number of halogens is 1. The smallest absolute Gasteiger partial charge is 0.399 e. The standard InChI is InChI=1S/C19H19BFNO2/c1-18(2)19(3,4)24-20(23-18)16-11-13(9-10-17(16)21)15-8-6-5-7-14(15)12-22/h5-11H,1-4H3. The lowest BCUT2D eigenvalue weighted by molar-refractivity contribution is 0.00578. The number of nitriles is 1. The molecule has 0 aromatic heterocycles. The SMILES string of the molecule is CC1(C)OB(c2cc(-c3ccccc3C#N)ccc2F)OC1(C)C. The summed E-state index contributed by atoms with van der Waals surface area (Å²) < 4.78 is 26.3. The van der Waals surface area contributed by atoms with Gasteiger partial charge in [-0.2, -0.15) is 5.26 Å². The van der Waals surface area contributed by atoms with E-state index in [0.29, 0.717) is 11.0 Å². The highest BCUT2D eigenvalue weighted by Crippen LogP contribution is 2.37. The minimum atomic E-state index is -0.774. The molecule has 0 bridgehead atoms. The van der Waals surface area contributed by atoms with E-state index in [1.54, 1.807) is 24.3 Å². The predicted octanol–water partition coefficient (Wildman–Crippen LogP) is 3.66. The zero-order valence-electron chi connectivity index (χ0n) is 14.3. The first-order chi connectivity index (χ1) is 11.2. The summed E-state index contributed by atoms with van der Waals surface area (Å²) >= 11 is 0. The maximum absolute atomic E-state index is 14.4. The van der Waals surface area contributed by atoms with Gasteiger partial charge >= 0.3 is 7.12 Å². The highest BCUT2D eigenvalue weighted by Gasteiger charge is 2.52. The molecule has 1 fully saturated rings. The van der Waals surface area contributed by atoms with Crippen LogP contribution in [0.5, 0.6) is 0 Å². The third-order valence-electron chi connectivity index (χ3n) is 4.86. The summed E-state index contributed by atoms with van der Waals surface area (Å²) in [7, 11) is -0.774. The third-order valence-corrected chi connectivity index (χ3v) is 4.86. The Hall–Kier alpha value is -2.16. The van der Waals surface area contributed by atoms with Crippen molar-refractivity contribution in [2.45, 2.75) is 38.9 Å². The van der Waals surface area contributed by atoms with Crippen molar-refractivity contribution in [3.63, 3.8) is 0 Å². The van der Waals surface area contributed by atoms with Crippen LogP contribution in [0.2, 0.25) is 0 Å². The monoisotopic (exact) mass is 323 g/mol. The fourth-order valence-electron chi connectivity index (χ4n) is 2.69. The van der Waals surface area contributed by atoms with E-state index in [0.717, 1.165) is 11.1 Å². The van der Waals surface area contributed by atoms with Gasteiger partial charge in [-0.1, -0.05) is 30.3 Å². The number of hydrogen-bond donors (Lipinski definition) is 0. The van der Waals surface area contributed by atoms with Crippen molar-refractivity contribution in [1.29, 1.82) is 5.26 Å². The molecule has 0 N–H and O–H groups in total. The molecule has 1 aliphatic rings. The van der Waals surface area contributed by atoms with E-state index in [1.165, 1.54) is 6.07 Å². The second-order valence-electron chi connectivity index (χ2n) is 6.98. The van der Waals surface area contributed by atoms with Gasteiger partial charge in [0.1, 0.15) is 5.82 Å². The molecule has 1 aliphatic heterocycles. The van der Waals surface area contributed by atoms with Crippen LogP contribution in [0.25, 0.3) is 11.1 Å². The van der Waals surface area contributed by atoms with Crippen molar-refractivity contribution in [1.82, 2.24) is 0 Å². The molecule has 122 valence electrons. The molecule has 0 unspecified atom stereocenters. The molecule has 0 saturated carbocycles. The van der Waals surface area contributed by atoms with Crippen LogP contribution in [0.1, 0.15) is 33.3 Å². The van der Waals surface area contributed by atoms with E-state index < -0.39 is 18.3 Å². The molecular formula is C19H19BFNO2. The van der Waals surface area contributed by atoms with Crippen molar-refractivity contribution < 1.29 is 13.7 Å². The molecule has 1 heterocycles. The van der Waals surface area contributed by atoms with Crippen LogP contribution in [-0.4, -0.2) is 18.3 Å². The minimum absolute atomic E-state index is 0.346. The Bertz CT molecular complexity index is 810. The van der Waals surface area contributed by atoms with Crippen LogP contribution in [0.3, 0.4) is 0 Å². The van der Waals surface area contributed by atoms with Gasteiger partial charge in [0.15, 0.2) is 0 Å². The minimum Gasteiger partial charge on any atom is -0.399 e. The molecule has 0 radical (unpaired) electrons. The van der Waals surface area contributed by atoms with Gasteiger partial charge in [0.25, 0.3) is 0 Å². The largest absolute Gasteiger partial charge is 0.497 e. The summed E-state index contributed by atoms with van der Waals surface area (Å²) in [5, 5.41) is 9.28. The van der Waals surface area contributed by atoms with Gasteiger partial charge in [-0.15, -0.1) is 0 Å². The van der Waals surface area contributed by atoms with Gasteiger partial charge in [-0.25, -0.2) is 4.39 Å². The molecule has 1 saturated heterocycles. The van der Waals surface area contributed by atoms with Crippen LogP contribution in [0, 0.1) is 17.1 Å². The Morgan fingerprint density at radius 2 is 1.62 bits per heavy atom. The number of nitrogens with zero attached hydrogens (tertiary/aromatic N) is 1. The second-order valence-corrected chi connectivity index (χ2v) is 6.98. The summed E-state index contributed by atoms with van der Waals surface area (Å²) in [5.41, 5.74) is 1.34. The van der Waals surface area contributed by atoms with E-state index in [2.05, 4.69) is 6.07 Å². The van der Waals surface area contributed by atoms with Gasteiger partial charge in [0.05, 0.1) is 22.8 Å². The van der Waals surface area contributed by atoms with Crippen molar-refractivity contribution >= 4 is 12.6 Å². The van der Waals surface area contributed by atoms with E-state index >= 15 is 0 Å². The molecule has 0 amide bonds. The van der Waals surface area contributed by atoms with Crippen molar-refractivity contribution in [3.8, 4) is 17.2 Å². The van der Waals surface area contributed by atoms with Gasteiger partial charge < -0.3 is 9.31 Å². The van der Waals surface area contributed by atoms with Crippen molar-refractivity contribution in [3.05, 3.63) is 53.8 Å². The fourth-order valence-corrected chi connectivity index (χ4v) is 2.69. The van der Waals surface area contributed by atoms with Crippen LogP contribution in [0.4, 0.5) is 4.39 Å². The normalized spacial score (nSPS) is 18.4. The van der Waals surface area contributed by atoms with Gasteiger partial charge in [-0.3, -0.25) is 0 Å². The highest BCUT2D eigenvalue weighted by atomic mass is 19.1. The maximum Gasteiger partial charge on any atom is 0.497 e. The first-order valence-corrected chi connectivity index (χ1v) is 7.90. The summed E-state index contributed by atoms with van der Waals surface area (Å²) in [6.07, 6.45) is 0. The Morgan fingerprint density at radius 1 is 1.00 bits per heavy atom. The van der Waals surface area contributed by atoms with Crippen LogP contribution >= 0.6 is 0 Å². The lowest BCUT2D eigenvalue weighted by atomic mass is 9.77. The number of hydrogen-bond acceptors (Lipinski definition) is 3. The molecule has 3 rings (SSSR count). The predicted molar refractivity (Wildman–Crippen MR) is 92.3 cm³/mol. The molecule has 24 heavy (non-hydrogen) atoms. The van der Waals surface area contributed by atoms with E-state index in [9.17, 15) is 9.65 Å². The zero-order valence-corrected chi connectivity index (χ0v) is 14.3. The second kappa shape index (κ2) is 5.73. The van der Waals surface area contributed by atoms with E-state index in [1.807, 2.05) is 39.8 Å². The van der Waals surface area contributed by atoms with Gasteiger partial charge in [-0.05, 0) is 51.0 Å². The van der Waals surface area contributed by atoms with Crippen LogP contribution in [-0.2, 0) is 9.31 Å². The summed E-state index contributed by atoms with van der Waals surface area (Å²) in [5.74, 6) is -0.383. The quantitative estimate of drug-likeness (QED) is 0.792. The van der Waals surface area contributed by atoms with Crippen LogP contribution in [0.15, 0.2) is 42.5 Å². The molecule has 0 aliphatic carbocycles. The third kappa shape index (κ3) is 2.73. The molecule has 0 spiro atoms. The lowest BCUT2D eigenvalue weighted by Gasteiger charge is -2.32. The Kier molecular flexibility index (Phi) is 3.99. The molecule has 3 nitrogen and oxygen atoms in total. The van der Waals surface area contributed by atoms with Gasteiger partial charge in [0.2, 0.25) is 0 Å². The van der Waals surface area contributed by atoms with Gasteiger partial charge in [0, 0.05) is 5.46 Å².